The number of piperidine rings is 1. The highest BCUT2D eigenvalue weighted by atomic mass is 35.5. The second kappa shape index (κ2) is 6.49. The lowest BCUT2D eigenvalue weighted by molar-refractivity contribution is -0.387. The average molecular weight is 348 g/mol. The van der Waals surface area contributed by atoms with Gasteiger partial charge in [-0.05, 0) is 39.1 Å². The average Bonchev–Trinajstić information content (AvgIpc) is 2.46. The first-order chi connectivity index (χ1) is 10.2. The Morgan fingerprint density at radius 3 is 2.68 bits per heavy atom. The summed E-state index contributed by atoms with van der Waals surface area (Å²) in [4.78, 5) is 12.1. The topological polar surface area (TPSA) is 83.8 Å². The molecular weight excluding hydrogens is 330 g/mol. The fraction of sp³-hybridized carbons (Fsp3) is 0.538. The molecule has 1 fully saturated rings. The van der Waals surface area contributed by atoms with Gasteiger partial charge in [-0.2, -0.15) is 4.31 Å². The van der Waals surface area contributed by atoms with Gasteiger partial charge in [-0.1, -0.05) is 11.6 Å². The Bertz CT molecular complexity index is 678. The summed E-state index contributed by atoms with van der Waals surface area (Å²) < 4.78 is 26.8. The van der Waals surface area contributed by atoms with Crippen molar-refractivity contribution in [3.05, 3.63) is 33.3 Å². The van der Waals surface area contributed by atoms with Gasteiger partial charge >= 0.3 is 0 Å². The molecule has 1 heterocycles. The summed E-state index contributed by atoms with van der Waals surface area (Å²) in [5.41, 5.74) is -0.487. The van der Waals surface area contributed by atoms with Crippen LogP contribution in [-0.2, 0) is 10.0 Å². The van der Waals surface area contributed by atoms with Crippen LogP contribution < -0.4 is 0 Å². The van der Waals surface area contributed by atoms with Crippen LogP contribution in [0.15, 0.2) is 23.1 Å². The van der Waals surface area contributed by atoms with Gasteiger partial charge in [0.05, 0.1) is 4.92 Å². The van der Waals surface area contributed by atoms with Crippen molar-refractivity contribution in [2.45, 2.75) is 23.8 Å². The van der Waals surface area contributed by atoms with Crippen LogP contribution in [0.1, 0.15) is 12.8 Å². The van der Waals surface area contributed by atoms with E-state index >= 15 is 0 Å². The molecule has 0 bridgehead atoms. The lowest BCUT2D eigenvalue weighted by Gasteiger charge is -2.35. The standard InChI is InChI=1S/C13H18ClN3O4S/c1-15(2)11-4-3-7-16(9-11)22(20,21)13-6-5-10(14)8-12(13)17(18)19/h5-6,8,11H,3-4,7,9H2,1-2H3/t11-/m0/s1. The van der Waals surface area contributed by atoms with Crippen molar-refractivity contribution in [1.29, 1.82) is 0 Å². The molecule has 1 atom stereocenters. The van der Waals surface area contributed by atoms with Gasteiger partial charge in [0.1, 0.15) is 0 Å². The van der Waals surface area contributed by atoms with Crippen LogP contribution in [0.3, 0.4) is 0 Å². The highest BCUT2D eigenvalue weighted by Crippen LogP contribution is 2.31. The van der Waals surface area contributed by atoms with Crippen molar-refractivity contribution < 1.29 is 13.3 Å². The van der Waals surface area contributed by atoms with E-state index in [9.17, 15) is 18.5 Å². The number of hydrogen-bond acceptors (Lipinski definition) is 5. The first-order valence-electron chi connectivity index (χ1n) is 6.84. The fourth-order valence-corrected chi connectivity index (χ4v) is 4.37. The van der Waals surface area contributed by atoms with E-state index in [1.165, 1.54) is 16.4 Å². The first-order valence-corrected chi connectivity index (χ1v) is 8.66. The molecule has 0 unspecified atom stereocenters. The molecule has 0 amide bonds. The molecule has 0 spiro atoms. The number of sulfonamides is 1. The summed E-state index contributed by atoms with van der Waals surface area (Å²) in [6.45, 7) is 0.696. The van der Waals surface area contributed by atoms with Crippen molar-refractivity contribution >= 4 is 27.3 Å². The summed E-state index contributed by atoms with van der Waals surface area (Å²) in [6.07, 6.45) is 1.63. The summed E-state index contributed by atoms with van der Waals surface area (Å²) >= 11 is 5.74. The molecule has 122 valence electrons. The van der Waals surface area contributed by atoms with Gasteiger partial charge in [0.15, 0.2) is 4.90 Å². The zero-order valence-electron chi connectivity index (χ0n) is 12.4. The van der Waals surface area contributed by atoms with Gasteiger partial charge in [0.25, 0.3) is 5.69 Å². The Kier molecular flexibility index (Phi) is 5.06. The third-order valence-electron chi connectivity index (χ3n) is 3.83. The number of halogens is 1. The van der Waals surface area contributed by atoms with E-state index in [4.69, 9.17) is 11.6 Å². The number of nitrogens with zero attached hydrogens (tertiary/aromatic N) is 3. The molecule has 0 radical (unpaired) electrons. The van der Waals surface area contributed by atoms with Crippen LogP contribution in [0, 0.1) is 10.1 Å². The summed E-state index contributed by atoms with van der Waals surface area (Å²) in [5.74, 6) is 0. The van der Waals surface area contributed by atoms with E-state index in [-0.39, 0.29) is 16.0 Å². The summed E-state index contributed by atoms with van der Waals surface area (Å²) in [6, 6.07) is 3.74. The van der Waals surface area contributed by atoms with Crippen LogP contribution in [0.25, 0.3) is 0 Å². The molecule has 0 aliphatic carbocycles. The Morgan fingerprint density at radius 2 is 2.09 bits per heavy atom. The molecule has 1 aliphatic rings. The Balaban J connectivity index is 2.40. The van der Waals surface area contributed by atoms with Crippen molar-refractivity contribution in [1.82, 2.24) is 9.21 Å². The third kappa shape index (κ3) is 3.40. The van der Waals surface area contributed by atoms with Crippen LogP contribution in [-0.4, -0.2) is 55.8 Å². The van der Waals surface area contributed by atoms with Gasteiger partial charge in [-0.3, -0.25) is 10.1 Å². The van der Waals surface area contributed by atoms with E-state index < -0.39 is 20.6 Å². The van der Waals surface area contributed by atoms with Gasteiger partial charge in [0, 0.05) is 30.2 Å². The van der Waals surface area contributed by atoms with Crippen molar-refractivity contribution in [3.63, 3.8) is 0 Å². The highest BCUT2D eigenvalue weighted by molar-refractivity contribution is 7.89. The maximum absolute atomic E-state index is 12.8. The Labute approximate surface area is 134 Å². The Morgan fingerprint density at radius 1 is 1.41 bits per heavy atom. The lowest BCUT2D eigenvalue weighted by Crippen LogP contribution is -2.47. The molecule has 7 nitrogen and oxygen atoms in total. The van der Waals surface area contributed by atoms with Gasteiger partial charge < -0.3 is 4.90 Å². The molecule has 0 aromatic heterocycles. The minimum absolute atomic E-state index is 0.106. The van der Waals surface area contributed by atoms with Gasteiger partial charge in [-0.15, -0.1) is 0 Å². The van der Waals surface area contributed by atoms with E-state index in [0.29, 0.717) is 13.1 Å². The molecule has 1 aliphatic heterocycles. The maximum Gasteiger partial charge on any atom is 0.290 e. The number of benzene rings is 1. The number of rotatable bonds is 4. The molecule has 9 heteroatoms. The van der Waals surface area contributed by atoms with Crippen LogP contribution in [0.2, 0.25) is 5.02 Å². The molecular formula is C13H18ClN3O4S. The first kappa shape index (κ1) is 17.1. The molecule has 1 saturated heterocycles. The zero-order valence-corrected chi connectivity index (χ0v) is 14.0. The second-order valence-corrected chi connectivity index (χ2v) is 7.83. The minimum atomic E-state index is -3.91. The third-order valence-corrected chi connectivity index (χ3v) is 5.97. The largest absolute Gasteiger partial charge is 0.305 e. The van der Waals surface area contributed by atoms with E-state index in [1.807, 2.05) is 19.0 Å². The van der Waals surface area contributed by atoms with E-state index in [1.54, 1.807) is 0 Å². The molecule has 1 aromatic carbocycles. The lowest BCUT2D eigenvalue weighted by atomic mass is 10.1. The van der Waals surface area contributed by atoms with Gasteiger partial charge in [0.2, 0.25) is 10.0 Å². The minimum Gasteiger partial charge on any atom is -0.305 e. The molecule has 0 saturated carbocycles. The van der Waals surface area contributed by atoms with Crippen molar-refractivity contribution in [2.24, 2.45) is 0 Å². The van der Waals surface area contributed by atoms with Crippen LogP contribution in [0.4, 0.5) is 5.69 Å². The monoisotopic (exact) mass is 347 g/mol. The van der Waals surface area contributed by atoms with Crippen LogP contribution >= 0.6 is 11.6 Å². The molecule has 22 heavy (non-hydrogen) atoms. The summed E-state index contributed by atoms with van der Waals surface area (Å²) in [5, 5.41) is 11.3. The smallest absolute Gasteiger partial charge is 0.290 e. The molecule has 2 rings (SSSR count). The highest BCUT2D eigenvalue weighted by Gasteiger charge is 2.35. The SMILES string of the molecule is CN(C)[C@H]1CCCN(S(=O)(=O)c2ccc(Cl)cc2[N+](=O)[O-])C1. The number of nitro benzene ring substituents is 1. The fourth-order valence-electron chi connectivity index (χ4n) is 2.55. The van der Waals surface area contributed by atoms with Crippen molar-refractivity contribution in [3.8, 4) is 0 Å². The number of likely N-dealkylation sites (N-methyl/N-ethyl adjacent to an activating group) is 1. The quantitative estimate of drug-likeness (QED) is 0.614. The molecule has 0 N–H and O–H groups in total. The predicted molar refractivity (Wildman–Crippen MR) is 83.6 cm³/mol. The van der Waals surface area contributed by atoms with E-state index in [0.717, 1.165) is 18.9 Å². The predicted octanol–water partition coefficient (Wildman–Crippen LogP) is 1.96. The Hall–Kier alpha value is -1.22. The summed E-state index contributed by atoms with van der Waals surface area (Å²) in [7, 11) is -0.126. The number of hydrogen-bond donors (Lipinski definition) is 0. The number of nitro groups is 1. The zero-order chi connectivity index (χ0) is 16.5. The van der Waals surface area contributed by atoms with E-state index in [2.05, 4.69) is 0 Å². The second-order valence-electron chi connectivity index (χ2n) is 5.49. The normalized spacial score (nSPS) is 20.3. The maximum atomic E-state index is 12.8. The van der Waals surface area contributed by atoms with Crippen LogP contribution in [0.5, 0.6) is 0 Å². The van der Waals surface area contributed by atoms with Gasteiger partial charge in [-0.25, -0.2) is 8.42 Å². The molecule has 1 aromatic rings. The van der Waals surface area contributed by atoms with Crippen molar-refractivity contribution in [2.75, 3.05) is 27.2 Å².